The van der Waals surface area contributed by atoms with Gasteiger partial charge in [0.15, 0.2) is 0 Å². The van der Waals surface area contributed by atoms with Gasteiger partial charge in [-0.15, -0.1) is 0 Å². The number of carbonyl (C=O) groups is 2. The number of piperidine rings is 1. The van der Waals surface area contributed by atoms with Gasteiger partial charge in [-0.2, -0.15) is 0 Å². The van der Waals surface area contributed by atoms with E-state index in [4.69, 9.17) is 15.6 Å². The molecule has 1 fully saturated rings. The lowest BCUT2D eigenvalue weighted by Gasteiger charge is -2.34. The highest BCUT2D eigenvalue weighted by molar-refractivity contribution is 5.79. The van der Waals surface area contributed by atoms with Crippen LogP contribution in [0.3, 0.4) is 0 Å². The number of likely N-dealkylation sites (tertiary alicyclic amines) is 1. The number of hydrogen-bond donors (Lipinski definition) is 2. The second kappa shape index (κ2) is 6.56. The maximum absolute atomic E-state index is 11.0. The third-order valence-electron chi connectivity index (χ3n) is 3.11. The second-order valence-corrected chi connectivity index (χ2v) is 4.33. The Hall–Kier alpha value is -1.14. The van der Waals surface area contributed by atoms with Crippen LogP contribution in [0.4, 0.5) is 0 Å². The molecule has 1 unspecified atom stereocenters. The van der Waals surface area contributed by atoms with Gasteiger partial charge in [-0.1, -0.05) is 0 Å². The molecule has 0 spiro atoms. The summed E-state index contributed by atoms with van der Waals surface area (Å²) in [6.45, 7) is 3.59. The van der Waals surface area contributed by atoms with E-state index in [1.54, 1.807) is 6.92 Å². The van der Waals surface area contributed by atoms with E-state index in [2.05, 4.69) is 0 Å². The van der Waals surface area contributed by atoms with Gasteiger partial charge < -0.3 is 15.6 Å². The molecular weight excluding hydrogens is 224 g/mol. The minimum atomic E-state index is -0.843. The zero-order valence-corrected chi connectivity index (χ0v) is 10.1. The van der Waals surface area contributed by atoms with Gasteiger partial charge in [0, 0.05) is 13.1 Å². The van der Waals surface area contributed by atoms with Crippen molar-refractivity contribution >= 4 is 11.9 Å². The van der Waals surface area contributed by atoms with Crippen LogP contribution in [0, 0.1) is 0 Å². The van der Waals surface area contributed by atoms with Gasteiger partial charge in [0.2, 0.25) is 5.91 Å². The SMILES string of the molecule is CC(C(N)=O)N1CCC(OCCC(=O)O)CC1. The van der Waals surface area contributed by atoms with Crippen molar-refractivity contribution in [3.05, 3.63) is 0 Å². The van der Waals surface area contributed by atoms with Gasteiger partial charge in [0.1, 0.15) is 0 Å². The molecule has 0 aromatic rings. The largest absolute Gasteiger partial charge is 0.481 e. The molecule has 3 N–H and O–H groups in total. The fourth-order valence-electron chi connectivity index (χ4n) is 1.92. The molecule has 0 saturated carbocycles. The lowest BCUT2D eigenvalue weighted by Crippen LogP contribution is -2.47. The molecule has 6 heteroatoms. The van der Waals surface area contributed by atoms with Crippen molar-refractivity contribution in [3.63, 3.8) is 0 Å². The number of primary amides is 1. The van der Waals surface area contributed by atoms with Crippen LogP contribution >= 0.6 is 0 Å². The number of nitrogens with zero attached hydrogens (tertiary/aromatic N) is 1. The van der Waals surface area contributed by atoms with Gasteiger partial charge in [-0.3, -0.25) is 14.5 Å². The molecule has 98 valence electrons. The topological polar surface area (TPSA) is 92.9 Å². The molecule has 6 nitrogen and oxygen atoms in total. The number of carboxylic acid groups (broad SMARTS) is 1. The van der Waals surface area contributed by atoms with Crippen LogP contribution in [0.1, 0.15) is 26.2 Å². The molecule has 0 radical (unpaired) electrons. The zero-order chi connectivity index (χ0) is 12.8. The van der Waals surface area contributed by atoms with E-state index in [1.807, 2.05) is 4.90 Å². The Bertz CT molecular complexity index is 275. The third-order valence-corrected chi connectivity index (χ3v) is 3.11. The van der Waals surface area contributed by atoms with Crippen molar-refractivity contribution in [2.24, 2.45) is 5.73 Å². The predicted molar refractivity (Wildman–Crippen MR) is 61.5 cm³/mol. The van der Waals surface area contributed by atoms with E-state index >= 15 is 0 Å². The summed E-state index contributed by atoms with van der Waals surface area (Å²) in [4.78, 5) is 23.4. The molecular formula is C11H20N2O4. The van der Waals surface area contributed by atoms with E-state index < -0.39 is 5.97 Å². The Kier molecular flexibility index (Phi) is 5.37. The molecule has 1 saturated heterocycles. The van der Waals surface area contributed by atoms with Crippen molar-refractivity contribution < 1.29 is 19.4 Å². The van der Waals surface area contributed by atoms with Gasteiger partial charge >= 0.3 is 5.97 Å². The van der Waals surface area contributed by atoms with Crippen molar-refractivity contribution in [3.8, 4) is 0 Å². The first-order chi connectivity index (χ1) is 8.00. The van der Waals surface area contributed by atoms with E-state index in [0.717, 1.165) is 25.9 Å². The van der Waals surface area contributed by atoms with Crippen LogP contribution in [0.2, 0.25) is 0 Å². The average Bonchev–Trinajstić information content (AvgIpc) is 2.28. The predicted octanol–water partition coefficient (Wildman–Crippen LogP) is -0.184. The van der Waals surface area contributed by atoms with E-state index in [1.165, 1.54) is 0 Å². The van der Waals surface area contributed by atoms with Crippen LogP contribution in [0.5, 0.6) is 0 Å². The normalized spacial score (nSPS) is 20.1. The van der Waals surface area contributed by atoms with Crippen LogP contribution in [0.25, 0.3) is 0 Å². The number of carboxylic acids is 1. The summed E-state index contributed by atoms with van der Waals surface area (Å²) >= 11 is 0. The highest BCUT2D eigenvalue weighted by atomic mass is 16.5. The maximum atomic E-state index is 11.0. The van der Waals surface area contributed by atoms with Gasteiger partial charge in [-0.05, 0) is 19.8 Å². The number of carbonyl (C=O) groups excluding carboxylic acids is 1. The summed E-state index contributed by atoms with van der Waals surface area (Å²) in [6.07, 6.45) is 1.78. The van der Waals surface area contributed by atoms with Crippen molar-refractivity contribution in [2.75, 3.05) is 19.7 Å². The molecule has 0 aromatic carbocycles. The highest BCUT2D eigenvalue weighted by Gasteiger charge is 2.25. The molecule has 0 aromatic heterocycles. The summed E-state index contributed by atoms with van der Waals surface area (Å²) in [6, 6.07) is -0.241. The van der Waals surface area contributed by atoms with Gasteiger partial charge in [0.25, 0.3) is 0 Å². The van der Waals surface area contributed by atoms with Gasteiger partial charge in [0.05, 0.1) is 25.2 Å². The molecule has 1 heterocycles. The first-order valence-corrected chi connectivity index (χ1v) is 5.87. The molecule has 1 aliphatic rings. The lowest BCUT2D eigenvalue weighted by atomic mass is 10.1. The quantitative estimate of drug-likeness (QED) is 0.676. The summed E-state index contributed by atoms with van der Waals surface area (Å²) in [5.74, 6) is -1.15. The summed E-state index contributed by atoms with van der Waals surface area (Å²) < 4.78 is 5.46. The van der Waals surface area contributed by atoms with Crippen molar-refractivity contribution in [1.82, 2.24) is 4.90 Å². The Labute approximate surface area is 101 Å². The summed E-state index contributed by atoms with van der Waals surface area (Å²) in [5.41, 5.74) is 5.24. The number of aliphatic carboxylic acids is 1. The van der Waals surface area contributed by atoms with E-state index in [-0.39, 0.29) is 31.1 Å². The molecule has 1 rings (SSSR count). The smallest absolute Gasteiger partial charge is 0.305 e. The van der Waals surface area contributed by atoms with Crippen LogP contribution in [-0.2, 0) is 14.3 Å². The zero-order valence-electron chi connectivity index (χ0n) is 10.1. The van der Waals surface area contributed by atoms with Crippen LogP contribution < -0.4 is 5.73 Å². The number of rotatable bonds is 6. The van der Waals surface area contributed by atoms with Crippen molar-refractivity contribution in [2.45, 2.75) is 38.3 Å². The minimum Gasteiger partial charge on any atom is -0.481 e. The molecule has 0 bridgehead atoms. The molecule has 1 amide bonds. The summed E-state index contributed by atoms with van der Waals surface area (Å²) in [7, 11) is 0. The monoisotopic (exact) mass is 244 g/mol. The third kappa shape index (κ3) is 4.70. The molecule has 0 aliphatic carbocycles. The maximum Gasteiger partial charge on any atom is 0.305 e. The van der Waals surface area contributed by atoms with Crippen molar-refractivity contribution in [1.29, 1.82) is 0 Å². The highest BCUT2D eigenvalue weighted by Crippen LogP contribution is 2.16. The van der Waals surface area contributed by atoms with Crippen LogP contribution in [0.15, 0.2) is 0 Å². The van der Waals surface area contributed by atoms with E-state index in [0.29, 0.717) is 0 Å². The molecule has 17 heavy (non-hydrogen) atoms. The Morgan fingerprint density at radius 3 is 2.53 bits per heavy atom. The second-order valence-electron chi connectivity index (χ2n) is 4.33. The number of ether oxygens (including phenoxy) is 1. The lowest BCUT2D eigenvalue weighted by molar-refractivity contribution is -0.139. The minimum absolute atomic E-state index is 0.0396. The number of nitrogens with two attached hydrogens (primary N) is 1. The average molecular weight is 244 g/mol. The summed E-state index contributed by atoms with van der Waals surface area (Å²) in [5, 5.41) is 8.48. The van der Waals surface area contributed by atoms with Gasteiger partial charge in [-0.25, -0.2) is 0 Å². The van der Waals surface area contributed by atoms with E-state index in [9.17, 15) is 9.59 Å². The number of amides is 1. The molecule has 1 aliphatic heterocycles. The fourth-order valence-corrected chi connectivity index (χ4v) is 1.92. The molecule has 1 atom stereocenters. The van der Waals surface area contributed by atoms with Crippen LogP contribution in [-0.4, -0.2) is 53.7 Å². The Balaban J connectivity index is 2.21. The first-order valence-electron chi connectivity index (χ1n) is 5.87. The Morgan fingerprint density at radius 2 is 2.06 bits per heavy atom. The fraction of sp³-hybridized carbons (Fsp3) is 0.818. The number of hydrogen-bond acceptors (Lipinski definition) is 4. The Morgan fingerprint density at radius 1 is 1.47 bits per heavy atom. The first kappa shape index (κ1) is 13.9. The standard InChI is InChI=1S/C11H20N2O4/c1-8(11(12)16)13-5-2-9(3-6-13)17-7-4-10(14)15/h8-9H,2-7H2,1H3,(H2,12,16)(H,14,15).